The quantitative estimate of drug-likeness (QED) is 0.183. The van der Waals surface area contributed by atoms with E-state index in [1.807, 2.05) is 25.1 Å². The van der Waals surface area contributed by atoms with Crippen molar-refractivity contribution in [3.8, 4) is 0 Å². The number of carbonyl (C=O) groups excluding carboxylic acids is 3. The summed E-state index contributed by atoms with van der Waals surface area (Å²) in [5, 5.41) is 11.4. The van der Waals surface area contributed by atoms with Crippen molar-refractivity contribution in [3.63, 3.8) is 0 Å². The summed E-state index contributed by atoms with van der Waals surface area (Å²) < 4.78 is 6.77. The van der Waals surface area contributed by atoms with Gasteiger partial charge in [-0.1, -0.05) is 37.3 Å². The molecule has 4 amide bonds. The van der Waals surface area contributed by atoms with Gasteiger partial charge in [0, 0.05) is 30.4 Å². The van der Waals surface area contributed by atoms with Crippen molar-refractivity contribution < 1.29 is 19.1 Å². The number of unbranched alkanes of at least 4 members (excludes halogenated alkanes) is 2. The van der Waals surface area contributed by atoms with Gasteiger partial charge in [-0.15, -0.1) is 11.3 Å². The maximum Gasteiger partial charge on any atom is 0.407 e. The number of anilines is 1. The number of carbonyl (C=O) groups is 3. The zero-order valence-electron chi connectivity index (χ0n) is 19.2. The Bertz CT molecular complexity index is 1010. The lowest BCUT2D eigenvalue weighted by Gasteiger charge is -2.13. The molecule has 1 aromatic carbocycles. The molecular weight excluding hydrogens is 474 g/mol. The van der Waals surface area contributed by atoms with Crippen LogP contribution in [0.3, 0.4) is 0 Å². The molecule has 1 aliphatic heterocycles. The van der Waals surface area contributed by atoms with Crippen LogP contribution in [0.5, 0.6) is 0 Å². The molecule has 2 heterocycles. The van der Waals surface area contributed by atoms with Crippen molar-refractivity contribution in [2.45, 2.75) is 55.5 Å². The minimum absolute atomic E-state index is 0.00270. The zero-order chi connectivity index (χ0) is 24.3. The number of ether oxygens (including phenoxy) is 1. The van der Waals surface area contributed by atoms with Crippen molar-refractivity contribution in [2.75, 3.05) is 24.2 Å². The number of rotatable bonds is 13. The normalized spacial score (nSPS) is 17.1. The molecule has 1 aliphatic rings. The number of aromatic nitrogens is 1. The molecule has 0 bridgehead atoms. The van der Waals surface area contributed by atoms with Gasteiger partial charge in [0.2, 0.25) is 5.91 Å². The zero-order valence-corrected chi connectivity index (χ0v) is 20.9. The third kappa shape index (κ3) is 8.21. The van der Waals surface area contributed by atoms with Crippen LogP contribution in [0, 0.1) is 0 Å². The molecule has 4 N–H and O–H groups in total. The van der Waals surface area contributed by atoms with E-state index in [1.54, 1.807) is 23.1 Å². The topological polar surface area (TPSA) is 121 Å². The summed E-state index contributed by atoms with van der Waals surface area (Å²) in [6.45, 7) is 6.16. The van der Waals surface area contributed by atoms with Crippen LogP contribution in [0.2, 0.25) is 0 Å². The third-order valence-electron chi connectivity index (χ3n) is 5.28. The van der Waals surface area contributed by atoms with Gasteiger partial charge in [0.05, 0.1) is 16.3 Å². The van der Waals surface area contributed by atoms with Gasteiger partial charge in [0.25, 0.3) is 0 Å². The molecule has 1 fully saturated rings. The molecule has 0 spiro atoms. The third-order valence-corrected chi connectivity index (χ3v) is 7.44. The lowest BCUT2D eigenvalue weighted by atomic mass is 10.0. The molecule has 1 aromatic heterocycles. The van der Waals surface area contributed by atoms with Crippen LogP contribution in [0.25, 0.3) is 10.2 Å². The van der Waals surface area contributed by atoms with Gasteiger partial charge in [-0.05, 0) is 38.0 Å². The SMILES string of the molecule is C=CCOC(=O)NCCSc1nc2ccc(NC(=O)CCCCCC3NC(=O)NC3C)cc2s1. The maximum atomic E-state index is 12.3. The van der Waals surface area contributed by atoms with Crippen molar-refractivity contribution in [1.82, 2.24) is 20.9 Å². The Balaban J connectivity index is 1.35. The Morgan fingerprint density at radius 3 is 2.91 bits per heavy atom. The number of thioether (sulfide) groups is 1. The highest BCUT2D eigenvalue weighted by Crippen LogP contribution is 2.31. The predicted molar refractivity (Wildman–Crippen MR) is 137 cm³/mol. The van der Waals surface area contributed by atoms with E-state index < -0.39 is 6.09 Å². The molecule has 3 rings (SSSR count). The summed E-state index contributed by atoms with van der Waals surface area (Å²) in [6.07, 6.45) is 5.18. The summed E-state index contributed by atoms with van der Waals surface area (Å²) in [5.74, 6) is 0.673. The summed E-state index contributed by atoms with van der Waals surface area (Å²) in [6, 6.07) is 5.94. The molecule has 0 radical (unpaired) electrons. The van der Waals surface area contributed by atoms with Crippen LogP contribution >= 0.6 is 23.1 Å². The fourth-order valence-corrected chi connectivity index (χ4v) is 5.57. The monoisotopic (exact) mass is 505 g/mol. The van der Waals surface area contributed by atoms with E-state index in [0.29, 0.717) is 18.7 Å². The number of hydrogen-bond acceptors (Lipinski definition) is 7. The van der Waals surface area contributed by atoms with Crippen LogP contribution in [0.15, 0.2) is 35.2 Å². The summed E-state index contributed by atoms with van der Waals surface area (Å²) in [4.78, 5) is 39.6. The second-order valence-corrected chi connectivity index (χ2v) is 10.4. The van der Waals surface area contributed by atoms with Crippen LogP contribution in [0.1, 0.15) is 39.0 Å². The van der Waals surface area contributed by atoms with E-state index in [2.05, 4.69) is 32.8 Å². The van der Waals surface area contributed by atoms with E-state index in [1.165, 1.54) is 6.08 Å². The van der Waals surface area contributed by atoms with Crippen molar-refractivity contribution in [3.05, 3.63) is 30.9 Å². The van der Waals surface area contributed by atoms with Crippen LogP contribution in [-0.4, -0.2) is 54.0 Å². The fourth-order valence-electron chi connectivity index (χ4n) is 3.53. The summed E-state index contributed by atoms with van der Waals surface area (Å²) in [5.41, 5.74) is 1.64. The van der Waals surface area contributed by atoms with Crippen molar-refractivity contribution in [1.29, 1.82) is 0 Å². The number of urea groups is 1. The van der Waals surface area contributed by atoms with Crippen LogP contribution in [0.4, 0.5) is 15.3 Å². The van der Waals surface area contributed by atoms with Gasteiger partial charge < -0.3 is 26.0 Å². The summed E-state index contributed by atoms with van der Waals surface area (Å²) >= 11 is 3.12. The van der Waals surface area contributed by atoms with Gasteiger partial charge in [-0.25, -0.2) is 14.6 Å². The number of nitrogens with one attached hydrogen (secondary N) is 4. The van der Waals surface area contributed by atoms with E-state index in [0.717, 1.165) is 45.9 Å². The largest absolute Gasteiger partial charge is 0.445 e. The lowest BCUT2D eigenvalue weighted by molar-refractivity contribution is -0.116. The van der Waals surface area contributed by atoms with E-state index in [-0.39, 0.29) is 30.6 Å². The number of thiazole rings is 1. The summed E-state index contributed by atoms with van der Waals surface area (Å²) in [7, 11) is 0. The molecule has 2 aromatic rings. The Labute approximate surface area is 207 Å². The average molecular weight is 506 g/mol. The fraction of sp³-hybridized carbons (Fsp3) is 0.478. The number of fused-ring (bicyclic) bond motifs is 1. The first-order chi connectivity index (χ1) is 16.4. The molecule has 1 saturated heterocycles. The number of amides is 4. The number of alkyl carbamates (subject to hydrolysis) is 1. The van der Waals surface area contributed by atoms with E-state index in [4.69, 9.17) is 4.74 Å². The molecule has 34 heavy (non-hydrogen) atoms. The first-order valence-electron chi connectivity index (χ1n) is 11.4. The minimum atomic E-state index is -0.459. The lowest BCUT2D eigenvalue weighted by Crippen LogP contribution is -2.30. The average Bonchev–Trinajstić information content (AvgIpc) is 3.36. The molecule has 2 unspecified atom stereocenters. The Kier molecular flexibility index (Phi) is 10.0. The van der Waals surface area contributed by atoms with Crippen LogP contribution < -0.4 is 21.3 Å². The molecule has 184 valence electrons. The highest BCUT2D eigenvalue weighted by molar-refractivity contribution is 8.01. The predicted octanol–water partition coefficient (Wildman–Crippen LogP) is 4.26. The molecule has 0 saturated carbocycles. The smallest absolute Gasteiger partial charge is 0.407 e. The van der Waals surface area contributed by atoms with E-state index in [9.17, 15) is 14.4 Å². The minimum Gasteiger partial charge on any atom is -0.445 e. The first kappa shape index (κ1) is 25.8. The molecule has 9 nitrogen and oxygen atoms in total. The van der Waals surface area contributed by atoms with Gasteiger partial charge >= 0.3 is 12.1 Å². The Morgan fingerprint density at radius 2 is 2.15 bits per heavy atom. The standard InChI is InChI=1S/C23H31N5O4S2/c1-3-12-32-22(31)24-11-13-33-23-28-18-10-9-16(14-19(18)34-23)26-20(29)8-6-4-5-7-17-15(2)25-21(30)27-17/h3,9-10,14-15,17H,1,4-8,11-13H2,2H3,(H,24,31)(H,26,29)(H2,25,27,30). The highest BCUT2D eigenvalue weighted by Gasteiger charge is 2.26. The highest BCUT2D eigenvalue weighted by atomic mass is 32.2. The van der Waals surface area contributed by atoms with Crippen molar-refractivity contribution in [2.24, 2.45) is 0 Å². The number of hydrogen-bond donors (Lipinski definition) is 4. The maximum absolute atomic E-state index is 12.3. The Morgan fingerprint density at radius 1 is 1.29 bits per heavy atom. The molecule has 11 heteroatoms. The molecular formula is C23H31N5O4S2. The Hall–Kier alpha value is -2.79. The second-order valence-electron chi connectivity index (χ2n) is 7.99. The molecule has 0 aliphatic carbocycles. The number of nitrogens with zero attached hydrogens (tertiary/aromatic N) is 1. The van der Waals surface area contributed by atoms with Gasteiger partial charge in [-0.2, -0.15) is 0 Å². The van der Waals surface area contributed by atoms with Gasteiger partial charge in [0.15, 0.2) is 4.34 Å². The second kappa shape index (κ2) is 13.2. The van der Waals surface area contributed by atoms with Crippen molar-refractivity contribution >= 4 is 57.0 Å². The first-order valence-corrected chi connectivity index (χ1v) is 13.2. The van der Waals surface area contributed by atoms with Gasteiger partial charge in [0.1, 0.15) is 6.61 Å². The molecule has 2 atom stereocenters. The van der Waals surface area contributed by atoms with Crippen LogP contribution in [-0.2, 0) is 9.53 Å². The van der Waals surface area contributed by atoms with Gasteiger partial charge in [-0.3, -0.25) is 4.79 Å². The van der Waals surface area contributed by atoms with E-state index >= 15 is 0 Å². The number of benzene rings is 1.